The molecular formula is C26H22FN5O2S. The number of rotatable bonds is 5. The van der Waals surface area contributed by atoms with Gasteiger partial charge in [-0.3, -0.25) is 14.5 Å². The molecule has 7 nitrogen and oxygen atoms in total. The number of carbonyl (C=O) groups excluding carboxylic acids is 2. The number of benzene rings is 1. The highest BCUT2D eigenvalue weighted by Gasteiger charge is 2.59. The third kappa shape index (κ3) is 3.70. The van der Waals surface area contributed by atoms with Gasteiger partial charge in [-0.2, -0.15) is 0 Å². The van der Waals surface area contributed by atoms with Gasteiger partial charge in [0, 0.05) is 12.2 Å². The molecule has 2 aliphatic carbocycles. The summed E-state index contributed by atoms with van der Waals surface area (Å²) in [5, 5.41) is 2.98. The van der Waals surface area contributed by atoms with Crippen molar-refractivity contribution in [2.45, 2.75) is 38.1 Å². The number of aromatic nitrogens is 1. The minimum atomic E-state index is -0.887. The van der Waals surface area contributed by atoms with Crippen LogP contribution in [0.3, 0.4) is 0 Å². The largest absolute Gasteiger partial charge is 0.360 e. The first kappa shape index (κ1) is 22.9. The molecule has 1 aromatic heterocycles. The molecule has 1 N–H and O–H groups in total. The summed E-state index contributed by atoms with van der Waals surface area (Å²) in [6.45, 7) is 9.32. The van der Waals surface area contributed by atoms with Crippen LogP contribution >= 0.6 is 12.2 Å². The van der Waals surface area contributed by atoms with Crippen molar-refractivity contribution < 1.29 is 14.0 Å². The highest BCUT2D eigenvalue weighted by molar-refractivity contribution is 7.81. The second-order valence-corrected chi connectivity index (χ2v) is 9.26. The molecule has 1 saturated heterocycles. The number of aryl methyl sites for hydroxylation is 1. The minimum Gasteiger partial charge on any atom is -0.360 e. The van der Waals surface area contributed by atoms with Crippen LogP contribution in [-0.4, -0.2) is 34.0 Å². The molecule has 0 radical (unpaired) electrons. The maximum atomic E-state index is 15.1. The molecule has 9 heteroatoms. The Labute approximate surface area is 207 Å². The number of nitrogens with one attached hydrogen (secondary N) is 1. The van der Waals surface area contributed by atoms with E-state index in [1.54, 1.807) is 24.0 Å². The van der Waals surface area contributed by atoms with E-state index in [4.69, 9.17) is 18.8 Å². The van der Waals surface area contributed by atoms with Gasteiger partial charge < -0.3 is 15.1 Å². The van der Waals surface area contributed by atoms with Gasteiger partial charge in [-0.25, -0.2) is 4.39 Å². The SMILES string of the molecule is [C-]#[N+]c1ncc(N2C(=O)C3(CCC3)N(c3ccc(C(=O)NCC4=CC=CC4)c(F)c3)C2=S)cc1C. The molecule has 3 aliphatic rings. The van der Waals surface area contributed by atoms with Crippen molar-refractivity contribution in [3.63, 3.8) is 0 Å². The Morgan fingerprint density at radius 1 is 1.31 bits per heavy atom. The van der Waals surface area contributed by atoms with Gasteiger partial charge in [-0.05, 0) is 80.2 Å². The van der Waals surface area contributed by atoms with Gasteiger partial charge in [0.15, 0.2) is 5.11 Å². The monoisotopic (exact) mass is 487 g/mol. The van der Waals surface area contributed by atoms with E-state index in [2.05, 4.69) is 15.1 Å². The van der Waals surface area contributed by atoms with Gasteiger partial charge in [-0.15, -0.1) is 4.98 Å². The van der Waals surface area contributed by atoms with Gasteiger partial charge >= 0.3 is 0 Å². The lowest BCUT2D eigenvalue weighted by Crippen LogP contribution is -2.55. The molecule has 2 fully saturated rings. The minimum absolute atomic E-state index is 0.0641. The van der Waals surface area contributed by atoms with E-state index in [9.17, 15) is 9.59 Å². The van der Waals surface area contributed by atoms with E-state index in [-0.39, 0.29) is 22.4 Å². The summed E-state index contributed by atoms with van der Waals surface area (Å²) in [6.07, 6.45) is 10.1. The summed E-state index contributed by atoms with van der Waals surface area (Å²) in [7, 11) is 0. The molecule has 0 bridgehead atoms. The molecule has 1 saturated carbocycles. The van der Waals surface area contributed by atoms with Crippen LogP contribution in [0, 0.1) is 19.3 Å². The van der Waals surface area contributed by atoms with Crippen molar-refractivity contribution in [1.82, 2.24) is 10.3 Å². The number of allylic oxidation sites excluding steroid dienone is 3. The number of amides is 2. The van der Waals surface area contributed by atoms with Crippen LogP contribution in [0.5, 0.6) is 0 Å². The molecule has 176 valence electrons. The molecule has 1 aliphatic heterocycles. The highest BCUT2D eigenvalue weighted by Crippen LogP contribution is 2.48. The zero-order chi connectivity index (χ0) is 24.7. The molecule has 1 aromatic carbocycles. The Morgan fingerprint density at radius 3 is 2.71 bits per heavy atom. The van der Waals surface area contributed by atoms with Crippen LogP contribution in [0.25, 0.3) is 4.85 Å². The van der Waals surface area contributed by atoms with Gasteiger partial charge in [-0.1, -0.05) is 24.8 Å². The number of hydrogen-bond acceptors (Lipinski definition) is 4. The van der Waals surface area contributed by atoms with E-state index >= 15 is 4.39 Å². The maximum Gasteiger partial charge on any atom is 0.272 e. The summed E-state index contributed by atoms with van der Waals surface area (Å²) in [6, 6.07) is 6.03. The average molecular weight is 488 g/mol. The molecule has 35 heavy (non-hydrogen) atoms. The van der Waals surface area contributed by atoms with Crippen molar-refractivity contribution in [1.29, 1.82) is 0 Å². The van der Waals surface area contributed by atoms with E-state index in [1.807, 2.05) is 18.2 Å². The summed E-state index contributed by atoms with van der Waals surface area (Å²) < 4.78 is 15.1. The van der Waals surface area contributed by atoms with E-state index in [1.165, 1.54) is 23.2 Å². The van der Waals surface area contributed by atoms with E-state index in [0.717, 1.165) is 18.4 Å². The Bertz CT molecular complexity index is 1370. The first-order chi connectivity index (χ1) is 16.9. The molecule has 0 unspecified atom stereocenters. The number of thiocarbonyl (C=S) groups is 1. The third-order valence-corrected chi connectivity index (χ3v) is 7.14. The Kier molecular flexibility index (Phi) is 5.69. The fourth-order valence-corrected chi connectivity index (χ4v) is 5.21. The smallest absolute Gasteiger partial charge is 0.272 e. The summed E-state index contributed by atoms with van der Waals surface area (Å²) in [5.41, 5.74) is 1.64. The zero-order valence-electron chi connectivity index (χ0n) is 19.0. The number of anilines is 2. The summed E-state index contributed by atoms with van der Waals surface area (Å²) in [5.74, 6) is -1.10. The van der Waals surface area contributed by atoms with Crippen molar-refractivity contribution in [2.75, 3.05) is 16.3 Å². The maximum absolute atomic E-state index is 15.1. The van der Waals surface area contributed by atoms with Crippen LogP contribution in [0.4, 0.5) is 21.6 Å². The van der Waals surface area contributed by atoms with E-state index in [0.29, 0.717) is 36.3 Å². The lowest BCUT2D eigenvalue weighted by molar-refractivity contribution is -0.123. The number of carbonyl (C=O) groups is 2. The molecule has 1 spiro atoms. The Balaban J connectivity index is 1.43. The van der Waals surface area contributed by atoms with E-state index < -0.39 is 17.3 Å². The van der Waals surface area contributed by atoms with Crippen molar-refractivity contribution in [3.05, 3.63) is 82.6 Å². The number of nitrogens with zero attached hydrogens (tertiary/aromatic N) is 4. The van der Waals surface area contributed by atoms with Crippen molar-refractivity contribution in [2.24, 2.45) is 0 Å². The molecule has 0 atom stereocenters. The molecular weight excluding hydrogens is 465 g/mol. The van der Waals surface area contributed by atoms with Crippen LogP contribution < -0.4 is 15.1 Å². The van der Waals surface area contributed by atoms with Gasteiger partial charge in [0.2, 0.25) is 0 Å². The second-order valence-electron chi connectivity index (χ2n) is 8.89. The highest BCUT2D eigenvalue weighted by atomic mass is 32.1. The standard InChI is InChI=1S/C26H22FN5O2S/c1-16-12-19(15-29-22(16)28-2)31-24(34)26(10-5-11-26)32(25(31)35)18-8-9-20(21(27)13-18)23(33)30-14-17-6-3-4-7-17/h3-4,6,8-9,12-13,15H,5,7,10-11,14H2,1H3,(H,30,33). The van der Waals surface area contributed by atoms with Crippen LogP contribution in [0.15, 0.2) is 54.3 Å². The van der Waals surface area contributed by atoms with Crippen LogP contribution in [0.1, 0.15) is 41.6 Å². The quantitative estimate of drug-likeness (QED) is 0.487. The summed E-state index contributed by atoms with van der Waals surface area (Å²) >= 11 is 5.72. The first-order valence-electron chi connectivity index (χ1n) is 11.3. The average Bonchev–Trinajstić information content (AvgIpc) is 3.41. The normalized spacial score (nSPS) is 18.0. The molecule has 2 heterocycles. The lowest BCUT2D eigenvalue weighted by Gasteiger charge is -2.43. The zero-order valence-corrected chi connectivity index (χ0v) is 19.9. The second kappa shape index (κ2) is 8.71. The Morgan fingerprint density at radius 2 is 2.11 bits per heavy atom. The predicted molar refractivity (Wildman–Crippen MR) is 135 cm³/mol. The summed E-state index contributed by atoms with van der Waals surface area (Å²) in [4.78, 5) is 36.8. The lowest BCUT2D eigenvalue weighted by atomic mass is 9.75. The number of halogens is 1. The number of pyridine rings is 1. The molecule has 2 amide bonds. The topological polar surface area (TPSA) is 69.9 Å². The molecule has 5 rings (SSSR count). The molecule has 2 aromatic rings. The van der Waals surface area contributed by atoms with Gasteiger partial charge in [0.05, 0.1) is 11.3 Å². The van der Waals surface area contributed by atoms with Crippen molar-refractivity contribution >= 4 is 46.3 Å². The van der Waals surface area contributed by atoms with Crippen molar-refractivity contribution in [3.8, 4) is 0 Å². The first-order valence-corrected chi connectivity index (χ1v) is 11.7. The van der Waals surface area contributed by atoms with Gasteiger partial charge in [0.25, 0.3) is 17.6 Å². The fourth-order valence-electron chi connectivity index (χ4n) is 4.74. The predicted octanol–water partition coefficient (Wildman–Crippen LogP) is 4.76. The van der Waals surface area contributed by atoms with Gasteiger partial charge in [0.1, 0.15) is 17.6 Å². The fraction of sp³-hybridized carbons (Fsp3) is 0.269. The number of hydrogen-bond donors (Lipinski definition) is 1. The van der Waals surface area contributed by atoms with Crippen LogP contribution in [-0.2, 0) is 4.79 Å². The third-order valence-electron chi connectivity index (χ3n) is 6.77. The van der Waals surface area contributed by atoms with Crippen LogP contribution in [0.2, 0.25) is 0 Å². The Hall–Kier alpha value is -3.90.